The molecule has 3 heteroatoms. The van der Waals surface area contributed by atoms with Crippen molar-refractivity contribution in [3.05, 3.63) is 23.8 Å². The van der Waals surface area contributed by atoms with Crippen LogP contribution in [0, 0.1) is 0 Å². The van der Waals surface area contributed by atoms with Crippen molar-refractivity contribution < 1.29 is 9.47 Å². The third-order valence-corrected chi connectivity index (χ3v) is 2.86. The van der Waals surface area contributed by atoms with Crippen LogP contribution in [0.2, 0.25) is 0 Å². The van der Waals surface area contributed by atoms with Crippen LogP contribution in [-0.4, -0.2) is 20.3 Å². The number of hydrogen-bond acceptors (Lipinski definition) is 3. The Morgan fingerprint density at radius 2 is 2.00 bits per heavy atom. The van der Waals surface area contributed by atoms with Crippen LogP contribution in [-0.2, 0) is 6.54 Å². The molecule has 1 aromatic carbocycles. The molecule has 1 N–H and O–H groups in total. The molecule has 0 bridgehead atoms. The van der Waals surface area contributed by atoms with Crippen LogP contribution in [0.15, 0.2) is 18.2 Å². The fourth-order valence-electron chi connectivity index (χ4n) is 1.82. The van der Waals surface area contributed by atoms with E-state index in [0.717, 1.165) is 23.6 Å². The molecule has 0 aliphatic heterocycles. The zero-order valence-electron chi connectivity index (χ0n) is 11.2. The second kappa shape index (κ2) is 7.17. The quantitative estimate of drug-likeness (QED) is 0.791. The molecule has 0 heterocycles. The lowest BCUT2D eigenvalue weighted by Crippen LogP contribution is -2.25. The normalized spacial score (nSPS) is 12.2. The topological polar surface area (TPSA) is 30.5 Å². The summed E-state index contributed by atoms with van der Waals surface area (Å²) in [5.41, 5.74) is 1.16. The van der Waals surface area contributed by atoms with Crippen LogP contribution in [0.3, 0.4) is 0 Å². The standard InChI is InChI=1S/C14H23NO2/c1-5-6-11(2)15-10-12-7-8-13(16-3)9-14(12)17-4/h7-9,11,15H,5-6,10H2,1-4H3. The number of nitrogens with one attached hydrogen (secondary N) is 1. The number of benzene rings is 1. The van der Waals surface area contributed by atoms with E-state index in [1.54, 1.807) is 14.2 Å². The Morgan fingerprint density at radius 1 is 1.24 bits per heavy atom. The Hall–Kier alpha value is -1.22. The summed E-state index contributed by atoms with van der Waals surface area (Å²) < 4.78 is 10.5. The Labute approximate surface area is 104 Å². The molecule has 3 nitrogen and oxygen atoms in total. The minimum absolute atomic E-state index is 0.534. The zero-order chi connectivity index (χ0) is 12.7. The molecule has 0 aliphatic rings. The van der Waals surface area contributed by atoms with Gasteiger partial charge in [-0.05, 0) is 19.4 Å². The van der Waals surface area contributed by atoms with E-state index in [-0.39, 0.29) is 0 Å². The van der Waals surface area contributed by atoms with Gasteiger partial charge >= 0.3 is 0 Å². The van der Waals surface area contributed by atoms with E-state index in [4.69, 9.17) is 9.47 Å². The molecule has 0 aliphatic carbocycles. The summed E-state index contributed by atoms with van der Waals surface area (Å²) in [6.45, 7) is 5.24. The lowest BCUT2D eigenvalue weighted by molar-refractivity contribution is 0.388. The van der Waals surface area contributed by atoms with Gasteiger partial charge in [0.25, 0.3) is 0 Å². The Morgan fingerprint density at radius 3 is 2.59 bits per heavy atom. The van der Waals surface area contributed by atoms with Crippen molar-refractivity contribution in [3.8, 4) is 11.5 Å². The lowest BCUT2D eigenvalue weighted by atomic mass is 10.1. The fourth-order valence-corrected chi connectivity index (χ4v) is 1.82. The predicted octanol–water partition coefficient (Wildman–Crippen LogP) is 2.98. The Kier molecular flexibility index (Phi) is 5.84. The summed E-state index contributed by atoms with van der Waals surface area (Å²) in [7, 11) is 3.35. The highest BCUT2D eigenvalue weighted by molar-refractivity contribution is 5.40. The molecule has 1 unspecified atom stereocenters. The van der Waals surface area contributed by atoms with Crippen molar-refractivity contribution in [3.63, 3.8) is 0 Å². The average molecular weight is 237 g/mol. The molecule has 0 aromatic heterocycles. The SMILES string of the molecule is CCCC(C)NCc1ccc(OC)cc1OC. The van der Waals surface area contributed by atoms with E-state index in [1.165, 1.54) is 12.8 Å². The molecular formula is C14H23NO2. The van der Waals surface area contributed by atoms with Gasteiger partial charge < -0.3 is 14.8 Å². The highest BCUT2D eigenvalue weighted by Gasteiger charge is 2.06. The van der Waals surface area contributed by atoms with Crippen LogP contribution in [0.4, 0.5) is 0 Å². The zero-order valence-corrected chi connectivity index (χ0v) is 11.2. The maximum Gasteiger partial charge on any atom is 0.127 e. The minimum atomic E-state index is 0.534. The van der Waals surface area contributed by atoms with E-state index < -0.39 is 0 Å². The minimum Gasteiger partial charge on any atom is -0.497 e. The molecular weight excluding hydrogens is 214 g/mol. The Bertz CT molecular complexity index is 339. The van der Waals surface area contributed by atoms with Crippen molar-refractivity contribution in [2.24, 2.45) is 0 Å². The van der Waals surface area contributed by atoms with E-state index in [9.17, 15) is 0 Å². The van der Waals surface area contributed by atoms with E-state index in [0.29, 0.717) is 6.04 Å². The highest BCUT2D eigenvalue weighted by atomic mass is 16.5. The second-order valence-electron chi connectivity index (χ2n) is 4.25. The van der Waals surface area contributed by atoms with Gasteiger partial charge in [0.1, 0.15) is 11.5 Å². The average Bonchev–Trinajstić information content (AvgIpc) is 2.36. The number of rotatable bonds is 7. The van der Waals surface area contributed by atoms with Crippen molar-refractivity contribution in [1.82, 2.24) is 5.32 Å². The van der Waals surface area contributed by atoms with Gasteiger partial charge in [-0.3, -0.25) is 0 Å². The van der Waals surface area contributed by atoms with Crippen LogP contribution < -0.4 is 14.8 Å². The first-order valence-electron chi connectivity index (χ1n) is 6.15. The molecule has 0 amide bonds. The molecule has 1 atom stereocenters. The van der Waals surface area contributed by atoms with Gasteiger partial charge in [0, 0.05) is 24.2 Å². The molecule has 17 heavy (non-hydrogen) atoms. The second-order valence-corrected chi connectivity index (χ2v) is 4.25. The van der Waals surface area contributed by atoms with Gasteiger partial charge in [0.2, 0.25) is 0 Å². The lowest BCUT2D eigenvalue weighted by Gasteiger charge is -2.15. The molecule has 0 radical (unpaired) electrons. The fraction of sp³-hybridized carbons (Fsp3) is 0.571. The third kappa shape index (κ3) is 4.27. The summed E-state index contributed by atoms with van der Waals surface area (Å²) >= 11 is 0. The van der Waals surface area contributed by atoms with E-state index in [2.05, 4.69) is 19.2 Å². The van der Waals surface area contributed by atoms with Crippen LogP contribution in [0.5, 0.6) is 11.5 Å². The molecule has 0 spiro atoms. The van der Waals surface area contributed by atoms with E-state index in [1.807, 2.05) is 18.2 Å². The molecule has 1 aromatic rings. The van der Waals surface area contributed by atoms with Gasteiger partial charge in [-0.15, -0.1) is 0 Å². The molecule has 0 saturated heterocycles. The number of ether oxygens (including phenoxy) is 2. The van der Waals surface area contributed by atoms with Gasteiger partial charge in [0.05, 0.1) is 14.2 Å². The summed E-state index contributed by atoms with van der Waals surface area (Å²) in [5.74, 6) is 1.70. The molecule has 96 valence electrons. The van der Waals surface area contributed by atoms with Gasteiger partial charge in [-0.2, -0.15) is 0 Å². The summed E-state index contributed by atoms with van der Waals surface area (Å²) in [4.78, 5) is 0. The molecule has 0 saturated carbocycles. The maximum atomic E-state index is 5.36. The maximum absolute atomic E-state index is 5.36. The van der Waals surface area contributed by atoms with Gasteiger partial charge in [-0.1, -0.05) is 19.4 Å². The third-order valence-electron chi connectivity index (χ3n) is 2.86. The summed E-state index contributed by atoms with van der Waals surface area (Å²) in [6.07, 6.45) is 2.40. The summed E-state index contributed by atoms with van der Waals surface area (Å²) in [6, 6.07) is 6.46. The number of hydrogen-bond donors (Lipinski definition) is 1. The smallest absolute Gasteiger partial charge is 0.127 e. The van der Waals surface area contributed by atoms with Crippen molar-refractivity contribution in [1.29, 1.82) is 0 Å². The van der Waals surface area contributed by atoms with Crippen LogP contribution in [0.1, 0.15) is 32.3 Å². The first kappa shape index (κ1) is 13.8. The van der Waals surface area contributed by atoms with Crippen LogP contribution >= 0.6 is 0 Å². The largest absolute Gasteiger partial charge is 0.497 e. The van der Waals surface area contributed by atoms with E-state index >= 15 is 0 Å². The monoisotopic (exact) mass is 237 g/mol. The van der Waals surface area contributed by atoms with Crippen molar-refractivity contribution >= 4 is 0 Å². The van der Waals surface area contributed by atoms with Crippen LogP contribution in [0.25, 0.3) is 0 Å². The Balaban J connectivity index is 2.63. The highest BCUT2D eigenvalue weighted by Crippen LogP contribution is 2.24. The molecule has 1 rings (SSSR count). The first-order chi connectivity index (χ1) is 8.21. The van der Waals surface area contributed by atoms with Crippen molar-refractivity contribution in [2.75, 3.05) is 14.2 Å². The first-order valence-corrected chi connectivity index (χ1v) is 6.15. The number of methoxy groups -OCH3 is 2. The van der Waals surface area contributed by atoms with Gasteiger partial charge in [-0.25, -0.2) is 0 Å². The predicted molar refractivity (Wildman–Crippen MR) is 70.8 cm³/mol. The van der Waals surface area contributed by atoms with Crippen molar-refractivity contribution in [2.45, 2.75) is 39.3 Å². The van der Waals surface area contributed by atoms with Gasteiger partial charge in [0.15, 0.2) is 0 Å². The summed E-state index contributed by atoms with van der Waals surface area (Å²) in [5, 5.41) is 3.49. The molecule has 0 fully saturated rings.